The third kappa shape index (κ3) is 5.45. The van der Waals surface area contributed by atoms with Crippen LogP contribution < -0.4 is 11.1 Å². The number of hydrogen-bond donors (Lipinski definition) is 4. The van der Waals surface area contributed by atoms with E-state index in [-0.39, 0.29) is 28.3 Å². The van der Waals surface area contributed by atoms with Gasteiger partial charge in [-0.05, 0) is 38.5 Å². The minimum absolute atomic E-state index is 0.0387. The van der Waals surface area contributed by atoms with Crippen molar-refractivity contribution in [2.24, 2.45) is 5.16 Å². The number of anilines is 1. The van der Waals surface area contributed by atoms with Crippen LogP contribution in [0.3, 0.4) is 0 Å². The van der Waals surface area contributed by atoms with Crippen LogP contribution in [0, 0.1) is 0 Å². The van der Waals surface area contributed by atoms with Gasteiger partial charge in [-0.25, -0.2) is 9.78 Å². The summed E-state index contributed by atoms with van der Waals surface area (Å²) in [5, 5.41) is 30.0. The molecule has 2 aromatic heterocycles. The third-order valence-corrected chi connectivity index (χ3v) is 9.14. The number of aliphatic carboxylic acids is 1. The Bertz CT molecular complexity index is 1240. The molecule has 2 atom stereocenters. The van der Waals surface area contributed by atoms with Crippen LogP contribution in [-0.4, -0.2) is 77.2 Å². The number of rotatable bonds is 10. The van der Waals surface area contributed by atoms with Crippen LogP contribution in [0.2, 0.25) is 0 Å². The van der Waals surface area contributed by atoms with E-state index in [1.165, 1.54) is 39.8 Å². The summed E-state index contributed by atoms with van der Waals surface area (Å²) in [5.74, 6) is -2.28. The number of nitrogens with two attached hydrogens (primary N) is 1. The minimum atomic E-state index is -1.18. The summed E-state index contributed by atoms with van der Waals surface area (Å²) < 4.78 is 0. The van der Waals surface area contributed by atoms with Crippen molar-refractivity contribution in [3.05, 3.63) is 27.9 Å². The van der Waals surface area contributed by atoms with Crippen LogP contribution in [0.5, 0.6) is 0 Å². The average Bonchev–Trinajstić information content (AvgIpc) is 3.66. The minimum Gasteiger partial charge on any atom is -0.477 e. The first-order valence-electron chi connectivity index (χ1n) is 11.6. The lowest BCUT2D eigenvalue weighted by Crippen LogP contribution is -2.72. The number of hydrogen-bond acceptors (Lipinski definition) is 12. The number of aromatic amines is 1. The van der Waals surface area contributed by atoms with Gasteiger partial charge in [-0.15, -0.1) is 28.2 Å². The molecule has 16 heteroatoms. The number of carbonyl (C=O) groups excluding carboxylic acids is 2. The Balaban J connectivity index is 1.27. The molecule has 0 spiro atoms. The van der Waals surface area contributed by atoms with Gasteiger partial charge in [-0.3, -0.25) is 14.5 Å². The van der Waals surface area contributed by atoms with E-state index in [9.17, 15) is 19.5 Å². The van der Waals surface area contributed by atoms with Gasteiger partial charge in [-0.1, -0.05) is 16.9 Å². The molecule has 0 bridgehead atoms. The molecular formula is C21H24N8O5S3. The molecule has 5 N–H and O–H groups in total. The fourth-order valence-corrected chi connectivity index (χ4v) is 7.17. The van der Waals surface area contributed by atoms with E-state index in [2.05, 4.69) is 30.9 Å². The summed E-state index contributed by atoms with van der Waals surface area (Å²) >= 11 is 3.93. The zero-order valence-corrected chi connectivity index (χ0v) is 21.9. The van der Waals surface area contributed by atoms with Crippen LogP contribution in [0.25, 0.3) is 0 Å². The van der Waals surface area contributed by atoms with Gasteiger partial charge in [0.1, 0.15) is 28.6 Å². The molecule has 196 valence electrons. The number of carboxylic acid groups (broad SMARTS) is 1. The summed E-state index contributed by atoms with van der Waals surface area (Å²) in [4.78, 5) is 50.0. The number of carbonyl (C=O) groups is 3. The second kappa shape index (κ2) is 11.1. The van der Waals surface area contributed by atoms with Gasteiger partial charge in [0.15, 0.2) is 10.8 Å². The number of nitrogen functional groups attached to an aromatic ring is 1. The van der Waals surface area contributed by atoms with Crippen LogP contribution >= 0.6 is 34.9 Å². The highest BCUT2D eigenvalue weighted by Crippen LogP contribution is 2.42. The lowest BCUT2D eigenvalue weighted by atomic mass is 9.86. The van der Waals surface area contributed by atoms with E-state index in [0.717, 1.165) is 25.7 Å². The summed E-state index contributed by atoms with van der Waals surface area (Å²) in [6.07, 6.45) is 6.29. The van der Waals surface area contributed by atoms with Gasteiger partial charge >= 0.3 is 5.97 Å². The normalized spacial score (nSPS) is 22.1. The van der Waals surface area contributed by atoms with Gasteiger partial charge in [-0.2, -0.15) is 10.3 Å². The van der Waals surface area contributed by atoms with Gasteiger partial charge in [0.2, 0.25) is 0 Å². The lowest BCUT2D eigenvalue weighted by molar-refractivity contribution is -0.155. The molecule has 2 aliphatic heterocycles. The molecule has 0 aromatic carbocycles. The smallest absolute Gasteiger partial charge is 0.353 e. The Morgan fingerprint density at radius 1 is 1.32 bits per heavy atom. The predicted octanol–water partition coefficient (Wildman–Crippen LogP) is 1.78. The van der Waals surface area contributed by atoms with Crippen molar-refractivity contribution in [3.63, 3.8) is 0 Å². The molecule has 1 aliphatic carbocycles. The molecule has 0 radical (unpaired) electrons. The molecule has 2 amide bonds. The largest absolute Gasteiger partial charge is 0.477 e. The van der Waals surface area contributed by atoms with E-state index in [0.29, 0.717) is 27.9 Å². The summed E-state index contributed by atoms with van der Waals surface area (Å²) in [6.45, 7) is 0. The van der Waals surface area contributed by atoms with E-state index in [1.807, 2.05) is 0 Å². The number of nitrogens with zero attached hydrogens (tertiary/aromatic N) is 5. The number of oxime groups is 1. The SMILES string of the molecule is Nc1nc(C(=NOC2CCCC2)C(=O)N[C@@H]2C(=O)N3C(C(=O)O)=C(SCSc4cn[nH]n4)CC[C@@H]23)cs1. The third-order valence-electron chi connectivity index (χ3n) is 6.29. The van der Waals surface area contributed by atoms with E-state index in [4.69, 9.17) is 10.6 Å². The first-order valence-corrected chi connectivity index (χ1v) is 14.4. The fourth-order valence-electron chi connectivity index (χ4n) is 4.52. The summed E-state index contributed by atoms with van der Waals surface area (Å²) in [7, 11) is 0. The standard InChI is InChI=1S/C21H24N8O5S3/c22-21-24-11(8-35-21)15(27-34-10-3-1-2-4-10)18(30)25-16-12-5-6-13(17(20(32)33)29(12)19(16)31)36-9-37-14-7-23-28-26-14/h7-8,10,12,16H,1-6,9H2,(H2,22,24)(H,25,30)(H,32,33)(H,23,26,28)/t12-,16-/m0/s1. The molecular weight excluding hydrogens is 540 g/mol. The van der Waals surface area contributed by atoms with Gasteiger partial charge in [0.05, 0.1) is 17.3 Å². The van der Waals surface area contributed by atoms with Crippen molar-refractivity contribution in [2.75, 3.05) is 10.8 Å². The molecule has 13 nitrogen and oxygen atoms in total. The molecule has 2 aromatic rings. The maximum atomic E-state index is 13.2. The van der Waals surface area contributed by atoms with Gasteiger partial charge in [0.25, 0.3) is 11.8 Å². The summed E-state index contributed by atoms with van der Waals surface area (Å²) in [6, 6.07) is -1.34. The highest BCUT2D eigenvalue weighted by Gasteiger charge is 2.53. The van der Waals surface area contributed by atoms with Crippen LogP contribution in [0.4, 0.5) is 5.13 Å². The highest BCUT2D eigenvalue weighted by atomic mass is 32.2. The first kappa shape index (κ1) is 25.5. The summed E-state index contributed by atoms with van der Waals surface area (Å²) in [5.41, 5.74) is 5.92. The van der Waals surface area contributed by atoms with Crippen LogP contribution in [0.1, 0.15) is 44.2 Å². The first-order chi connectivity index (χ1) is 17.9. The highest BCUT2D eigenvalue weighted by molar-refractivity contribution is 8.17. The van der Waals surface area contributed by atoms with Gasteiger partial charge in [0, 0.05) is 10.3 Å². The molecule has 1 saturated heterocycles. The number of thiazole rings is 1. The van der Waals surface area contributed by atoms with Crippen molar-refractivity contribution < 1.29 is 24.3 Å². The molecule has 4 heterocycles. The van der Waals surface area contributed by atoms with E-state index < -0.39 is 29.9 Å². The van der Waals surface area contributed by atoms with Crippen molar-refractivity contribution in [1.82, 2.24) is 30.6 Å². The number of thioether (sulfide) groups is 2. The molecule has 0 unspecified atom stereocenters. The Kier molecular flexibility index (Phi) is 7.66. The second-order valence-corrected chi connectivity index (χ2v) is 11.9. The van der Waals surface area contributed by atoms with Crippen molar-refractivity contribution in [1.29, 1.82) is 0 Å². The Morgan fingerprint density at radius 2 is 2.14 bits per heavy atom. The lowest BCUT2D eigenvalue weighted by Gasteiger charge is -2.50. The molecule has 5 rings (SSSR count). The zero-order chi connectivity index (χ0) is 25.9. The van der Waals surface area contributed by atoms with E-state index >= 15 is 0 Å². The van der Waals surface area contributed by atoms with E-state index in [1.54, 1.807) is 11.6 Å². The second-order valence-electron chi connectivity index (χ2n) is 8.58. The fraction of sp³-hybridized carbons (Fsp3) is 0.476. The Morgan fingerprint density at radius 3 is 2.81 bits per heavy atom. The topological polar surface area (TPSA) is 189 Å². The number of β-lactam (4-membered cyclic amide) rings is 1. The number of amides is 2. The van der Waals surface area contributed by atoms with Gasteiger partial charge < -0.3 is 21.0 Å². The Labute approximate surface area is 223 Å². The number of allylic oxidation sites excluding steroid dienone is 1. The number of fused-ring (bicyclic) bond motifs is 1. The quantitative estimate of drug-likeness (QED) is 0.108. The number of aromatic nitrogens is 4. The predicted molar refractivity (Wildman–Crippen MR) is 138 cm³/mol. The van der Waals surface area contributed by atoms with Crippen molar-refractivity contribution in [3.8, 4) is 0 Å². The average molecular weight is 565 g/mol. The molecule has 3 aliphatic rings. The molecule has 37 heavy (non-hydrogen) atoms. The van der Waals surface area contributed by atoms with Crippen molar-refractivity contribution >= 4 is 63.5 Å². The van der Waals surface area contributed by atoms with Crippen LogP contribution in [-0.2, 0) is 19.2 Å². The van der Waals surface area contributed by atoms with Crippen molar-refractivity contribution in [2.45, 2.75) is 61.7 Å². The zero-order valence-electron chi connectivity index (χ0n) is 19.5. The maximum absolute atomic E-state index is 13.2. The molecule has 2 fully saturated rings. The Hall–Kier alpha value is -3.11. The number of H-pyrrole nitrogens is 1. The monoisotopic (exact) mass is 564 g/mol. The maximum Gasteiger partial charge on any atom is 0.353 e. The van der Waals surface area contributed by atoms with Crippen LogP contribution in [0.15, 0.2) is 32.4 Å². The number of nitrogens with one attached hydrogen (secondary N) is 2. The molecule has 1 saturated carbocycles. The number of carboxylic acids is 1.